The topological polar surface area (TPSA) is 132 Å². The SMILES string of the molecule is COc1ccc(-[n+]2noc([O-])c2CN(C2CC2)C2CC(=O)N(c3ccc(NC(C)=O)cc3)C2=O)cc1. The Balaban J connectivity index is 1.39. The molecule has 1 saturated heterocycles. The van der Waals surface area contributed by atoms with Crippen LogP contribution in [0.2, 0.25) is 0 Å². The van der Waals surface area contributed by atoms with Gasteiger partial charge in [-0.2, -0.15) is 0 Å². The number of carbonyl (C=O) groups excluding carboxylic acids is 3. The van der Waals surface area contributed by atoms with Crippen LogP contribution in [0.5, 0.6) is 11.7 Å². The molecule has 3 aromatic rings. The van der Waals surface area contributed by atoms with E-state index in [4.69, 9.17) is 9.26 Å². The summed E-state index contributed by atoms with van der Waals surface area (Å²) in [6.07, 6.45) is 1.74. The number of hydrogen-bond donors (Lipinski definition) is 1. The molecule has 2 fully saturated rings. The predicted octanol–water partition coefficient (Wildman–Crippen LogP) is 1.29. The summed E-state index contributed by atoms with van der Waals surface area (Å²) < 4.78 is 11.6. The summed E-state index contributed by atoms with van der Waals surface area (Å²) in [5, 5.41) is 19.1. The van der Waals surface area contributed by atoms with E-state index in [9.17, 15) is 19.5 Å². The number of anilines is 2. The molecule has 2 heterocycles. The van der Waals surface area contributed by atoms with Gasteiger partial charge in [-0.15, -0.1) is 0 Å². The Morgan fingerprint density at radius 1 is 1.19 bits per heavy atom. The van der Waals surface area contributed by atoms with Crippen molar-refractivity contribution >= 4 is 29.1 Å². The molecule has 186 valence electrons. The summed E-state index contributed by atoms with van der Waals surface area (Å²) >= 11 is 0. The van der Waals surface area contributed by atoms with Gasteiger partial charge in [0.25, 0.3) is 11.6 Å². The molecule has 1 saturated carbocycles. The Labute approximate surface area is 206 Å². The van der Waals surface area contributed by atoms with E-state index in [-0.39, 0.29) is 42.4 Å². The van der Waals surface area contributed by atoms with Crippen molar-refractivity contribution in [2.75, 3.05) is 17.3 Å². The number of carbonyl (C=O) groups is 3. The maximum atomic E-state index is 13.4. The molecule has 0 radical (unpaired) electrons. The third kappa shape index (κ3) is 4.52. The molecule has 1 N–H and O–H groups in total. The van der Waals surface area contributed by atoms with E-state index in [1.807, 2.05) is 4.90 Å². The largest absolute Gasteiger partial charge is 0.539 e. The van der Waals surface area contributed by atoms with E-state index >= 15 is 0 Å². The third-order valence-corrected chi connectivity index (χ3v) is 6.33. The highest BCUT2D eigenvalue weighted by Gasteiger charge is 2.48. The first-order valence-electron chi connectivity index (χ1n) is 11.6. The fraction of sp³-hybridized carbons (Fsp3) is 0.320. The Hall–Kier alpha value is -4.25. The number of aromatic nitrogens is 2. The lowest BCUT2D eigenvalue weighted by atomic mass is 10.2. The average Bonchev–Trinajstić information content (AvgIpc) is 3.58. The van der Waals surface area contributed by atoms with Gasteiger partial charge in [-0.1, -0.05) is 0 Å². The van der Waals surface area contributed by atoms with E-state index in [0.29, 0.717) is 22.8 Å². The van der Waals surface area contributed by atoms with Crippen molar-refractivity contribution in [3.63, 3.8) is 0 Å². The second-order valence-electron chi connectivity index (χ2n) is 8.84. The number of amides is 3. The fourth-order valence-corrected chi connectivity index (χ4v) is 4.44. The summed E-state index contributed by atoms with van der Waals surface area (Å²) in [6.45, 7) is 1.51. The van der Waals surface area contributed by atoms with Gasteiger partial charge in [0.1, 0.15) is 5.75 Å². The van der Waals surface area contributed by atoms with E-state index in [2.05, 4.69) is 10.6 Å². The molecule has 1 aromatic heterocycles. The van der Waals surface area contributed by atoms with Gasteiger partial charge in [0.05, 0.1) is 37.1 Å². The number of ether oxygens (including phenoxy) is 1. The minimum Gasteiger partial charge on any atom is -0.539 e. The number of benzene rings is 2. The second kappa shape index (κ2) is 9.42. The van der Waals surface area contributed by atoms with Gasteiger partial charge in [0, 0.05) is 30.8 Å². The molecule has 5 rings (SSSR count). The van der Waals surface area contributed by atoms with Crippen molar-refractivity contribution in [3.05, 3.63) is 54.2 Å². The Bertz CT molecular complexity index is 1300. The first kappa shape index (κ1) is 23.5. The summed E-state index contributed by atoms with van der Waals surface area (Å²) in [4.78, 5) is 40.7. The Kier molecular flexibility index (Phi) is 6.15. The predicted molar refractivity (Wildman–Crippen MR) is 124 cm³/mol. The Morgan fingerprint density at radius 2 is 1.89 bits per heavy atom. The van der Waals surface area contributed by atoms with Crippen LogP contribution in [0.4, 0.5) is 11.4 Å². The van der Waals surface area contributed by atoms with Crippen LogP contribution in [0.15, 0.2) is 53.1 Å². The van der Waals surface area contributed by atoms with Gasteiger partial charge in [0.2, 0.25) is 17.5 Å². The molecule has 2 aromatic carbocycles. The van der Waals surface area contributed by atoms with Crippen molar-refractivity contribution in [2.45, 2.75) is 44.8 Å². The minimum absolute atomic E-state index is 0.00475. The molecule has 2 aliphatic rings. The zero-order chi connectivity index (χ0) is 25.4. The first-order chi connectivity index (χ1) is 17.4. The van der Waals surface area contributed by atoms with Gasteiger partial charge < -0.3 is 19.7 Å². The smallest absolute Gasteiger partial charge is 0.254 e. The average molecular weight is 492 g/mol. The molecule has 0 spiro atoms. The van der Waals surface area contributed by atoms with Crippen LogP contribution in [-0.2, 0) is 20.9 Å². The van der Waals surface area contributed by atoms with Crippen LogP contribution in [-0.4, -0.2) is 47.1 Å². The quantitative estimate of drug-likeness (QED) is 0.368. The monoisotopic (exact) mass is 491 g/mol. The van der Waals surface area contributed by atoms with E-state index < -0.39 is 12.0 Å². The standard InChI is InChI=1S/C25H25N5O6/c1-15(31)26-16-3-5-18(6-4-16)29-23(32)13-21(24(29)33)28(17-7-8-17)14-22-25(34)36-27-30(22)19-9-11-20(35-2)12-10-19/h3-6,9-12,17,21H,7-8,13-14H2,1-2H3,(H-,26,27,31,34). The molecule has 1 unspecified atom stereocenters. The summed E-state index contributed by atoms with van der Waals surface area (Å²) in [5.74, 6) is -0.822. The molecule has 0 bridgehead atoms. The van der Waals surface area contributed by atoms with Crippen LogP contribution in [0.1, 0.15) is 31.9 Å². The second-order valence-corrected chi connectivity index (χ2v) is 8.84. The van der Waals surface area contributed by atoms with Crippen LogP contribution < -0.4 is 24.7 Å². The molecule has 1 atom stereocenters. The van der Waals surface area contributed by atoms with Gasteiger partial charge in [-0.25, -0.2) is 4.90 Å². The number of nitrogens with zero attached hydrogens (tertiary/aromatic N) is 4. The molecule has 1 aliphatic carbocycles. The van der Waals surface area contributed by atoms with Gasteiger partial charge in [-0.05, 0) is 53.9 Å². The first-order valence-corrected chi connectivity index (χ1v) is 11.6. The number of nitrogens with one attached hydrogen (secondary N) is 1. The molecule has 1 aliphatic heterocycles. The van der Waals surface area contributed by atoms with E-state index in [1.165, 1.54) is 16.5 Å². The highest BCUT2D eigenvalue weighted by atomic mass is 16.6. The van der Waals surface area contributed by atoms with Gasteiger partial charge >= 0.3 is 0 Å². The summed E-state index contributed by atoms with van der Waals surface area (Å²) in [5.41, 5.74) is 1.88. The summed E-state index contributed by atoms with van der Waals surface area (Å²) in [7, 11) is 1.56. The number of rotatable bonds is 8. The lowest BCUT2D eigenvalue weighted by Crippen LogP contribution is -2.46. The van der Waals surface area contributed by atoms with Crippen LogP contribution >= 0.6 is 0 Å². The van der Waals surface area contributed by atoms with Crippen LogP contribution in [0.25, 0.3) is 5.69 Å². The maximum Gasteiger partial charge on any atom is 0.254 e. The van der Waals surface area contributed by atoms with Crippen LogP contribution in [0, 0.1) is 0 Å². The van der Waals surface area contributed by atoms with Gasteiger partial charge in [-0.3, -0.25) is 19.3 Å². The van der Waals surface area contributed by atoms with Crippen molar-refractivity contribution in [3.8, 4) is 17.4 Å². The lowest BCUT2D eigenvalue weighted by molar-refractivity contribution is -0.678. The normalized spacial score (nSPS) is 17.6. The molecule has 11 heteroatoms. The zero-order valence-corrected chi connectivity index (χ0v) is 19.8. The van der Waals surface area contributed by atoms with Crippen molar-refractivity contribution in [2.24, 2.45) is 0 Å². The fourth-order valence-electron chi connectivity index (χ4n) is 4.44. The molecular weight excluding hydrogens is 466 g/mol. The van der Waals surface area contributed by atoms with Crippen molar-refractivity contribution in [1.29, 1.82) is 0 Å². The molecule has 3 amide bonds. The van der Waals surface area contributed by atoms with E-state index in [1.54, 1.807) is 55.6 Å². The summed E-state index contributed by atoms with van der Waals surface area (Å²) in [6, 6.07) is 12.9. The van der Waals surface area contributed by atoms with Crippen molar-refractivity contribution < 1.29 is 33.4 Å². The minimum atomic E-state index is -0.710. The number of imide groups is 1. The van der Waals surface area contributed by atoms with Crippen molar-refractivity contribution in [1.82, 2.24) is 10.2 Å². The molecular formula is C25H25N5O6. The zero-order valence-electron chi connectivity index (χ0n) is 19.8. The highest BCUT2D eigenvalue weighted by molar-refractivity contribution is 6.22. The number of hydrogen-bond acceptors (Lipinski definition) is 8. The van der Waals surface area contributed by atoms with Crippen LogP contribution in [0.3, 0.4) is 0 Å². The maximum absolute atomic E-state index is 13.4. The third-order valence-electron chi connectivity index (χ3n) is 6.33. The van der Waals surface area contributed by atoms with Gasteiger partial charge in [0.15, 0.2) is 5.95 Å². The van der Waals surface area contributed by atoms with E-state index in [0.717, 1.165) is 12.8 Å². The Morgan fingerprint density at radius 3 is 2.50 bits per heavy atom. The number of methoxy groups -OCH3 is 1. The highest BCUT2D eigenvalue weighted by Crippen LogP contribution is 2.36. The lowest BCUT2D eigenvalue weighted by Gasteiger charge is -2.26. The molecule has 11 nitrogen and oxygen atoms in total. The molecule has 36 heavy (non-hydrogen) atoms.